The van der Waals surface area contributed by atoms with Crippen molar-refractivity contribution in [2.75, 3.05) is 18.6 Å². The Morgan fingerprint density at radius 3 is 2.79 bits per heavy atom. The molecule has 8 nitrogen and oxygen atoms in total. The first kappa shape index (κ1) is 18.5. The molecule has 0 saturated heterocycles. The van der Waals surface area contributed by atoms with Crippen LogP contribution in [0.1, 0.15) is 47.4 Å². The zero-order valence-corrected chi connectivity index (χ0v) is 16.0. The third-order valence-corrected chi connectivity index (χ3v) is 5.52. The zero-order chi connectivity index (χ0) is 19.7. The molecule has 0 bridgehead atoms. The van der Waals surface area contributed by atoms with Gasteiger partial charge in [0.05, 0.1) is 12.7 Å². The number of nitrogens with zero attached hydrogens (tertiary/aromatic N) is 4. The molecule has 0 saturated carbocycles. The molecule has 0 N–H and O–H groups in total. The maximum absolute atomic E-state index is 13.0. The van der Waals surface area contributed by atoms with E-state index in [0.29, 0.717) is 30.8 Å². The summed E-state index contributed by atoms with van der Waals surface area (Å²) < 4.78 is 7.84. The number of amides is 1. The maximum atomic E-state index is 13.0. The first-order valence-corrected chi connectivity index (χ1v) is 9.77. The molecule has 2 aliphatic heterocycles. The van der Waals surface area contributed by atoms with E-state index in [4.69, 9.17) is 4.74 Å². The first-order chi connectivity index (χ1) is 13.6. The number of esters is 1. The molecule has 0 fully saturated rings. The van der Waals surface area contributed by atoms with Crippen LogP contribution in [0.4, 0.5) is 5.69 Å². The molecule has 0 unspecified atom stereocenters. The van der Waals surface area contributed by atoms with Gasteiger partial charge in [-0.3, -0.25) is 9.36 Å². The number of benzene rings is 1. The Kier molecular flexibility index (Phi) is 5.02. The molecular formula is C20H24N4O4. The minimum absolute atomic E-state index is 0.0965. The molecule has 148 valence electrons. The highest BCUT2D eigenvalue weighted by atomic mass is 16.5. The summed E-state index contributed by atoms with van der Waals surface area (Å²) in [4.78, 5) is 39.4. The van der Waals surface area contributed by atoms with Crippen molar-refractivity contribution in [3.8, 4) is 0 Å². The molecule has 1 aromatic carbocycles. The van der Waals surface area contributed by atoms with Gasteiger partial charge in [0.1, 0.15) is 12.4 Å². The average Bonchev–Trinajstić information content (AvgIpc) is 2.88. The van der Waals surface area contributed by atoms with Crippen LogP contribution in [-0.4, -0.2) is 39.9 Å². The van der Waals surface area contributed by atoms with Crippen LogP contribution in [0, 0.1) is 0 Å². The number of rotatable bonds is 3. The van der Waals surface area contributed by atoms with Gasteiger partial charge in [-0.05, 0) is 43.4 Å². The largest absolute Gasteiger partial charge is 0.465 e. The fraction of sp³-hybridized carbons (Fsp3) is 0.500. The van der Waals surface area contributed by atoms with Crippen molar-refractivity contribution in [1.82, 2.24) is 14.3 Å². The lowest BCUT2D eigenvalue weighted by Gasteiger charge is -2.30. The topological polar surface area (TPSA) is 86.4 Å². The number of methoxy groups -OCH3 is 1. The molecule has 4 rings (SSSR count). The zero-order valence-electron chi connectivity index (χ0n) is 16.0. The van der Waals surface area contributed by atoms with Gasteiger partial charge in [0.25, 0.3) is 0 Å². The number of anilines is 1. The molecule has 1 aromatic heterocycles. The van der Waals surface area contributed by atoms with Crippen LogP contribution in [0.3, 0.4) is 0 Å². The number of aromatic nitrogens is 3. The van der Waals surface area contributed by atoms with E-state index in [1.54, 1.807) is 21.6 Å². The Balaban J connectivity index is 1.61. The van der Waals surface area contributed by atoms with Crippen molar-refractivity contribution in [3.05, 3.63) is 45.6 Å². The number of fused-ring (bicyclic) bond motifs is 2. The Hall–Kier alpha value is -2.90. The smallest absolute Gasteiger partial charge is 0.346 e. The summed E-state index contributed by atoms with van der Waals surface area (Å²) in [5.41, 5.74) is 1.81. The molecule has 1 amide bonds. The first-order valence-electron chi connectivity index (χ1n) is 9.77. The normalized spacial score (nSPS) is 16.1. The van der Waals surface area contributed by atoms with E-state index in [-0.39, 0.29) is 18.1 Å². The van der Waals surface area contributed by atoms with Gasteiger partial charge in [-0.15, -0.1) is 0 Å². The quantitative estimate of drug-likeness (QED) is 0.749. The molecule has 0 atom stereocenters. The van der Waals surface area contributed by atoms with Gasteiger partial charge in [0.2, 0.25) is 5.91 Å². The van der Waals surface area contributed by atoms with Crippen molar-refractivity contribution in [2.24, 2.45) is 0 Å². The summed E-state index contributed by atoms with van der Waals surface area (Å²) in [5.74, 6) is 0.167. The lowest BCUT2D eigenvalue weighted by molar-refractivity contribution is -0.119. The molecule has 8 heteroatoms. The van der Waals surface area contributed by atoms with E-state index in [1.807, 2.05) is 6.07 Å². The highest BCUT2D eigenvalue weighted by Crippen LogP contribution is 2.30. The standard InChI is InChI=1S/C20H24N4O4/c1-28-19(26)15-7-5-9-16-14(15)8-6-12-22(16)18(25)13-24-20(27)23-11-4-2-3-10-17(23)21-24/h5,7,9H,2-4,6,8,10-13H2,1H3. The van der Waals surface area contributed by atoms with Gasteiger partial charge < -0.3 is 9.64 Å². The van der Waals surface area contributed by atoms with Gasteiger partial charge in [0.15, 0.2) is 0 Å². The van der Waals surface area contributed by atoms with Crippen LogP contribution in [0.5, 0.6) is 0 Å². The van der Waals surface area contributed by atoms with E-state index in [9.17, 15) is 14.4 Å². The Bertz CT molecular complexity index is 975. The summed E-state index contributed by atoms with van der Waals surface area (Å²) in [6.45, 7) is 1.12. The Morgan fingerprint density at radius 1 is 1.11 bits per heavy atom. The van der Waals surface area contributed by atoms with Gasteiger partial charge >= 0.3 is 11.7 Å². The number of hydrogen-bond acceptors (Lipinski definition) is 5. The highest BCUT2D eigenvalue weighted by Gasteiger charge is 2.27. The molecule has 2 aromatic rings. The summed E-state index contributed by atoms with van der Waals surface area (Å²) in [5, 5.41) is 4.41. The predicted octanol–water partition coefficient (Wildman–Crippen LogP) is 1.54. The number of carbonyl (C=O) groups excluding carboxylic acids is 2. The summed E-state index contributed by atoms with van der Waals surface area (Å²) in [6.07, 6.45) is 5.30. The van der Waals surface area contributed by atoms with Crippen LogP contribution >= 0.6 is 0 Å². The molecule has 0 radical (unpaired) electrons. The molecule has 3 heterocycles. The summed E-state index contributed by atoms with van der Waals surface area (Å²) >= 11 is 0. The fourth-order valence-electron chi connectivity index (χ4n) is 4.13. The van der Waals surface area contributed by atoms with E-state index in [1.165, 1.54) is 11.8 Å². The highest BCUT2D eigenvalue weighted by molar-refractivity contribution is 5.98. The fourth-order valence-corrected chi connectivity index (χ4v) is 4.13. The summed E-state index contributed by atoms with van der Waals surface area (Å²) in [7, 11) is 1.35. The van der Waals surface area contributed by atoms with Crippen LogP contribution < -0.4 is 10.6 Å². The van der Waals surface area contributed by atoms with E-state index >= 15 is 0 Å². The number of carbonyl (C=O) groups is 2. The van der Waals surface area contributed by atoms with Crippen molar-refractivity contribution in [3.63, 3.8) is 0 Å². The second-order valence-electron chi connectivity index (χ2n) is 7.26. The monoisotopic (exact) mass is 384 g/mol. The van der Waals surface area contributed by atoms with E-state index < -0.39 is 5.97 Å². The van der Waals surface area contributed by atoms with Gasteiger partial charge in [-0.2, -0.15) is 5.10 Å². The van der Waals surface area contributed by atoms with Gasteiger partial charge in [-0.25, -0.2) is 14.3 Å². The van der Waals surface area contributed by atoms with Crippen molar-refractivity contribution in [2.45, 2.75) is 51.6 Å². The third-order valence-electron chi connectivity index (χ3n) is 5.52. The molecule has 2 aliphatic rings. The maximum Gasteiger partial charge on any atom is 0.346 e. The van der Waals surface area contributed by atoms with Gasteiger partial charge in [0, 0.05) is 25.2 Å². The predicted molar refractivity (Wildman–Crippen MR) is 102 cm³/mol. The van der Waals surface area contributed by atoms with Crippen molar-refractivity contribution in [1.29, 1.82) is 0 Å². The van der Waals surface area contributed by atoms with E-state index in [0.717, 1.165) is 43.5 Å². The number of hydrogen-bond donors (Lipinski definition) is 0. The van der Waals surface area contributed by atoms with Crippen LogP contribution in [0.15, 0.2) is 23.0 Å². The minimum atomic E-state index is -0.403. The summed E-state index contributed by atoms with van der Waals surface area (Å²) in [6, 6.07) is 5.31. The molecule has 0 spiro atoms. The lowest BCUT2D eigenvalue weighted by Crippen LogP contribution is -2.40. The van der Waals surface area contributed by atoms with Crippen molar-refractivity contribution < 1.29 is 14.3 Å². The van der Waals surface area contributed by atoms with Crippen LogP contribution in [-0.2, 0) is 35.5 Å². The number of aryl methyl sites for hydroxylation is 1. The van der Waals surface area contributed by atoms with Crippen LogP contribution in [0.2, 0.25) is 0 Å². The average molecular weight is 384 g/mol. The molecule has 28 heavy (non-hydrogen) atoms. The SMILES string of the molecule is COC(=O)c1cccc2c1CCCN2C(=O)Cn1nc2n(c1=O)CCCCC2. The second-order valence-corrected chi connectivity index (χ2v) is 7.26. The van der Waals surface area contributed by atoms with Crippen LogP contribution in [0.25, 0.3) is 0 Å². The number of ether oxygens (including phenoxy) is 1. The minimum Gasteiger partial charge on any atom is -0.465 e. The molecular weight excluding hydrogens is 360 g/mol. The second kappa shape index (κ2) is 7.61. The lowest BCUT2D eigenvalue weighted by atomic mass is 9.96. The molecule has 0 aliphatic carbocycles. The third kappa shape index (κ3) is 3.23. The Labute approximate surface area is 162 Å². The van der Waals surface area contributed by atoms with Gasteiger partial charge in [-0.1, -0.05) is 12.5 Å². The van der Waals surface area contributed by atoms with E-state index in [2.05, 4.69) is 5.10 Å². The van der Waals surface area contributed by atoms with Crippen molar-refractivity contribution >= 4 is 17.6 Å². The Morgan fingerprint density at radius 2 is 1.96 bits per heavy atom.